The van der Waals surface area contributed by atoms with E-state index in [-0.39, 0.29) is 11.2 Å². The molecule has 0 fully saturated rings. The average Bonchev–Trinajstić information content (AvgIpc) is 2.36. The van der Waals surface area contributed by atoms with E-state index in [0.717, 1.165) is 12.8 Å². The lowest BCUT2D eigenvalue weighted by atomic mass is 9.76. The van der Waals surface area contributed by atoms with E-state index in [1.807, 2.05) is 0 Å². The summed E-state index contributed by atoms with van der Waals surface area (Å²) in [5.74, 6) is 0.550. The summed E-state index contributed by atoms with van der Waals surface area (Å²) in [5.41, 5.74) is 6.45. The third-order valence-corrected chi connectivity index (χ3v) is 4.44. The highest BCUT2D eigenvalue weighted by Crippen LogP contribution is 2.32. The van der Waals surface area contributed by atoms with E-state index in [1.54, 1.807) is 18.2 Å². The van der Waals surface area contributed by atoms with Crippen molar-refractivity contribution in [2.75, 3.05) is 6.54 Å². The van der Waals surface area contributed by atoms with Gasteiger partial charge in [-0.1, -0.05) is 44.0 Å². The number of rotatable bonds is 6. The van der Waals surface area contributed by atoms with Crippen LogP contribution in [0.15, 0.2) is 18.2 Å². The monoisotopic (exact) mass is 315 g/mol. The van der Waals surface area contributed by atoms with E-state index in [2.05, 4.69) is 20.8 Å². The fourth-order valence-electron chi connectivity index (χ4n) is 2.33. The van der Waals surface area contributed by atoms with Crippen molar-refractivity contribution in [1.29, 1.82) is 0 Å². The van der Waals surface area contributed by atoms with Gasteiger partial charge in [-0.25, -0.2) is 0 Å². The van der Waals surface area contributed by atoms with Crippen molar-refractivity contribution in [3.8, 4) is 0 Å². The summed E-state index contributed by atoms with van der Waals surface area (Å²) in [6.07, 6.45) is 2.30. The maximum Gasteiger partial charge on any atom is 0.162 e. The molecular weight excluding hydrogens is 293 g/mol. The molecule has 0 aliphatic heterocycles. The number of ketones is 1. The number of Topliss-reactive ketones (excluding diaryl/α,β-unsaturated/α-hetero) is 1. The Balaban J connectivity index is 2.68. The van der Waals surface area contributed by atoms with Crippen LogP contribution in [-0.4, -0.2) is 12.3 Å². The number of hydrogen-bond acceptors (Lipinski definition) is 2. The van der Waals surface area contributed by atoms with E-state index >= 15 is 0 Å². The first-order chi connectivity index (χ1) is 9.25. The molecule has 1 aromatic rings. The van der Waals surface area contributed by atoms with Gasteiger partial charge in [0.05, 0.1) is 10.0 Å². The Bertz CT molecular complexity index is 466. The van der Waals surface area contributed by atoms with Gasteiger partial charge < -0.3 is 5.73 Å². The normalized spacial score (nSPS) is 13.3. The van der Waals surface area contributed by atoms with Crippen LogP contribution in [-0.2, 0) is 0 Å². The largest absolute Gasteiger partial charge is 0.330 e. The average molecular weight is 316 g/mol. The molecule has 0 heterocycles. The van der Waals surface area contributed by atoms with Gasteiger partial charge in [0.2, 0.25) is 0 Å². The van der Waals surface area contributed by atoms with Crippen LogP contribution in [0.3, 0.4) is 0 Å². The fourth-order valence-corrected chi connectivity index (χ4v) is 2.63. The zero-order valence-electron chi connectivity index (χ0n) is 12.4. The molecule has 1 rings (SSSR count). The second-order valence-electron chi connectivity index (χ2n) is 6.23. The number of carbonyl (C=O) groups excluding carboxylic acids is 1. The molecule has 1 atom stereocenters. The summed E-state index contributed by atoms with van der Waals surface area (Å²) in [4.78, 5) is 12.2. The van der Waals surface area contributed by atoms with Gasteiger partial charge in [-0.05, 0) is 48.9 Å². The van der Waals surface area contributed by atoms with Gasteiger partial charge in [-0.3, -0.25) is 4.79 Å². The van der Waals surface area contributed by atoms with Crippen molar-refractivity contribution in [2.45, 2.75) is 40.0 Å². The van der Waals surface area contributed by atoms with Crippen molar-refractivity contribution in [3.63, 3.8) is 0 Å². The van der Waals surface area contributed by atoms with Gasteiger partial charge >= 0.3 is 0 Å². The molecule has 0 aliphatic carbocycles. The van der Waals surface area contributed by atoms with Gasteiger partial charge in [0.15, 0.2) is 5.78 Å². The van der Waals surface area contributed by atoms with Crippen molar-refractivity contribution in [1.82, 2.24) is 0 Å². The summed E-state index contributed by atoms with van der Waals surface area (Å²) in [7, 11) is 0. The van der Waals surface area contributed by atoms with Crippen LogP contribution >= 0.6 is 23.2 Å². The number of carbonyl (C=O) groups is 1. The van der Waals surface area contributed by atoms with Gasteiger partial charge in [0.25, 0.3) is 0 Å². The van der Waals surface area contributed by atoms with Crippen LogP contribution in [0.1, 0.15) is 50.4 Å². The molecule has 112 valence electrons. The SMILES string of the molecule is CC(C)(C)C(CCN)CCC(=O)c1ccc(Cl)c(Cl)c1. The molecule has 2 N–H and O–H groups in total. The van der Waals surface area contributed by atoms with Gasteiger partial charge in [-0.15, -0.1) is 0 Å². The third-order valence-electron chi connectivity index (χ3n) is 3.70. The Kier molecular flexibility index (Phi) is 6.50. The molecule has 2 nitrogen and oxygen atoms in total. The van der Waals surface area contributed by atoms with E-state index in [9.17, 15) is 4.79 Å². The predicted octanol–water partition coefficient (Wildman–Crippen LogP) is 4.97. The molecule has 1 aromatic carbocycles. The van der Waals surface area contributed by atoms with Crippen LogP contribution in [0, 0.1) is 11.3 Å². The topological polar surface area (TPSA) is 43.1 Å². The number of halogens is 2. The Hall–Kier alpha value is -0.570. The van der Waals surface area contributed by atoms with E-state index in [4.69, 9.17) is 28.9 Å². The van der Waals surface area contributed by atoms with E-state index in [1.165, 1.54) is 0 Å². The zero-order chi connectivity index (χ0) is 15.3. The Morgan fingerprint density at radius 1 is 1.20 bits per heavy atom. The number of nitrogens with two attached hydrogens (primary N) is 1. The van der Waals surface area contributed by atoms with Crippen LogP contribution in [0.2, 0.25) is 10.0 Å². The second-order valence-corrected chi connectivity index (χ2v) is 7.05. The molecule has 0 radical (unpaired) electrons. The standard InChI is InChI=1S/C16H23Cl2NO/c1-16(2,3)12(8-9-19)5-7-15(20)11-4-6-13(17)14(18)10-11/h4,6,10,12H,5,7-9,19H2,1-3H3. The van der Waals surface area contributed by atoms with Gasteiger partial charge in [-0.2, -0.15) is 0 Å². The maximum absolute atomic E-state index is 12.2. The molecule has 0 aromatic heterocycles. The van der Waals surface area contributed by atoms with Crippen molar-refractivity contribution < 1.29 is 4.79 Å². The highest BCUT2D eigenvalue weighted by Gasteiger charge is 2.24. The number of benzene rings is 1. The number of hydrogen-bond donors (Lipinski definition) is 1. The summed E-state index contributed by atoms with van der Waals surface area (Å²) >= 11 is 11.8. The predicted molar refractivity (Wildman–Crippen MR) is 86.6 cm³/mol. The molecule has 0 bridgehead atoms. The maximum atomic E-state index is 12.2. The minimum Gasteiger partial charge on any atom is -0.330 e. The van der Waals surface area contributed by atoms with Crippen LogP contribution in [0.4, 0.5) is 0 Å². The van der Waals surface area contributed by atoms with Gasteiger partial charge in [0, 0.05) is 12.0 Å². The Morgan fingerprint density at radius 2 is 1.85 bits per heavy atom. The van der Waals surface area contributed by atoms with E-state index in [0.29, 0.717) is 34.5 Å². The van der Waals surface area contributed by atoms with Crippen LogP contribution in [0.5, 0.6) is 0 Å². The molecule has 0 aliphatic rings. The van der Waals surface area contributed by atoms with Crippen LogP contribution < -0.4 is 5.73 Å². The van der Waals surface area contributed by atoms with Crippen molar-refractivity contribution in [2.24, 2.45) is 17.1 Å². The minimum atomic E-state index is 0.106. The first kappa shape index (κ1) is 17.5. The lowest BCUT2D eigenvalue weighted by Crippen LogP contribution is -2.24. The highest BCUT2D eigenvalue weighted by molar-refractivity contribution is 6.42. The molecule has 0 amide bonds. The minimum absolute atomic E-state index is 0.106. The van der Waals surface area contributed by atoms with E-state index < -0.39 is 0 Å². The first-order valence-electron chi connectivity index (χ1n) is 6.94. The quantitative estimate of drug-likeness (QED) is 0.753. The molecule has 0 saturated heterocycles. The first-order valence-corrected chi connectivity index (χ1v) is 7.69. The molecule has 0 saturated carbocycles. The zero-order valence-corrected chi connectivity index (χ0v) is 13.9. The fraction of sp³-hybridized carbons (Fsp3) is 0.562. The second kappa shape index (κ2) is 7.44. The molecule has 1 unspecified atom stereocenters. The van der Waals surface area contributed by atoms with Gasteiger partial charge in [0.1, 0.15) is 0 Å². The summed E-state index contributed by atoms with van der Waals surface area (Å²) < 4.78 is 0. The van der Waals surface area contributed by atoms with Crippen molar-refractivity contribution >= 4 is 29.0 Å². The Labute approximate surface area is 131 Å². The summed E-state index contributed by atoms with van der Waals surface area (Å²) in [6, 6.07) is 5.03. The summed E-state index contributed by atoms with van der Waals surface area (Å²) in [5, 5.41) is 0.894. The Morgan fingerprint density at radius 3 is 2.35 bits per heavy atom. The third kappa shape index (κ3) is 5.08. The molecular formula is C16H23Cl2NO. The van der Waals surface area contributed by atoms with Crippen LogP contribution in [0.25, 0.3) is 0 Å². The molecule has 0 spiro atoms. The molecule has 4 heteroatoms. The lowest BCUT2D eigenvalue weighted by Gasteiger charge is -2.30. The summed E-state index contributed by atoms with van der Waals surface area (Å²) in [6.45, 7) is 7.23. The molecule has 20 heavy (non-hydrogen) atoms. The van der Waals surface area contributed by atoms with Crippen molar-refractivity contribution in [3.05, 3.63) is 33.8 Å². The highest BCUT2D eigenvalue weighted by atomic mass is 35.5. The lowest BCUT2D eigenvalue weighted by molar-refractivity contribution is 0.0958. The smallest absolute Gasteiger partial charge is 0.162 e.